The Morgan fingerprint density at radius 3 is 3.00 bits per heavy atom. The van der Waals surface area contributed by atoms with E-state index < -0.39 is 5.60 Å². The SMILES string of the molecule is Cc1cnc([C@H]2CCCN(CC3(O)CCOCC3)C2)[nH]1. The zero-order valence-electron chi connectivity index (χ0n) is 12.3. The molecule has 20 heavy (non-hydrogen) atoms. The van der Waals surface area contributed by atoms with Gasteiger partial charge in [-0.05, 0) is 26.3 Å². The van der Waals surface area contributed by atoms with E-state index in [0.29, 0.717) is 19.1 Å². The van der Waals surface area contributed by atoms with E-state index >= 15 is 0 Å². The van der Waals surface area contributed by atoms with E-state index in [1.54, 1.807) is 0 Å². The molecule has 2 saturated heterocycles. The molecule has 0 aromatic carbocycles. The summed E-state index contributed by atoms with van der Waals surface area (Å²) >= 11 is 0. The van der Waals surface area contributed by atoms with Crippen LogP contribution in [0.1, 0.15) is 43.1 Å². The Bertz CT molecular complexity index is 440. The molecule has 0 spiro atoms. The smallest absolute Gasteiger partial charge is 0.110 e. The molecular weight excluding hydrogens is 254 g/mol. The van der Waals surface area contributed by atoms with Gasteiger partial charge in [-0.3, -0.25) is 4.90 Å². The van der Waals surface area contributed by atoms with Crippen LogP contribution in [0.2, 0.25) is 0 Å². The second-order valence-electron chi connectivity index (χ2n) is 6.36. The van der Waals surface area contributed by atoms with Gasteiger partial charge in [0.25, 0.3) is 0 Å². The van der Waals surface area contributed by atoms with Gasteiger partial charge in [-0.1, -0.05) is 0 Å². The van der Waals surface area contributed by atoms with Crippen LogP contribution in [0.4, 0.5) is 0 Å². The van der Waals surface area contributed by atoms with Crippen LogP contribution < -0.4 is 0 Å². The first-order chi connectivity index (χ1) is 9.65. The number of piperidine rings is 1. The molecule has 0 aliphatic carbocycles. The standard InChI is InChI=1S/C15H25N3O2/c1-12-9-16-14(17-12)13-3-2-6-18(10-13)11-15(19)4-7-20-8-5-15/h9,13,19H,2-8,10-11H2,1H3,(H,16,17)/t13-/m0/s1. The van der Waals surface area contributed by atoms with Crippen LogP contribution in [-0.4, -0.2) is 58.4 Å². The summed E-state index contributed by atoms with van der Waals surface area (Å²) in [5.41, 5.74) is 0.569. The highest BCUT2D eigenvalue weighted by molar-refractivity contribution is 5.06. The largest absolute Gasteiger partial charge is 0.388 e. The zero-order chi connectivity index (χ0) is 14.0. The molecule has 2 N–H and O–H groups in total. The summed E-state index contributed by atoms with van der Waals surface area (Å²) in [6, 6.07) is 0. The second-order valence-corrected chi connectivity index (χ2v) is 6.36. The van der Waals surface area contributed by atoms with Gasteiger partial charge in [-0.15, -0.1) is 0 Å². The van der Waals surface area contributed by atoms with Crippen molar-refractivity contribution in [2.24, 2.45) is 0 Å². The Kier molecular flexibility index (Phi) is 4.10. The Labute approximate surface area is 120 Å². The van der Waals surface area contributed by atoms with Gasteiger partial charge in [-0.2, -0.15) is 0 Å². The minimum atomic E-state index is -0.556. The van der Waals surface area contributed by atoms with E-state index in [4.69, 9.17) is 4.74 Å². The van der Waals surface area contributed by atoms with E-state index in [9.17, 15) is 5.11 Å². The molecule has 2 aliphatic heterocycles. The first kappa shape index (κ1) is 14.0. The number of aryl methyl sites for hydroxylation is 1. The van der Waals surface area contributed by atoms with Crippen LogP contribution in [0.15, 0.2) is 6.20 Å². The molecule has 0 radical (unpaired) electrons. The predicted molar refractivity (Wildman–Crippen MR) is 76.7 cm³/mol. The van der Waals surface area contributed by atoms with Crippen molar-refractivity contribution < 1.29 is 9.84 Å². The van der Waals surface area contributed by atoms with Crippen molar-refractivity contribution in [3.05, 3.63) is 17.7 Å². The molecule has 112 valence electrons. The van der Waals surface area contributed by atoms with E-state index in [-0.39, 0.29) is 0 Å². The average Bonchev–Trinajstić information content (AvgIpc) is 2.86. The van der Waals surface area contributed by atoms with Crippen LogP contribution in [0.25, 0.3) is 0 Å². The van der Waals surface area contributed by atoms with Crippen LogP contribution in [0.5, 0.6) is 0 Å². The number of hydrogen-bond donors (Lipinski definition) is 2. The number of H-pyrrole nitrogens is 1. The quantitative estimate of drug-likeness (QED) is 0.879. The lowest BCUT2D eigenvalue weighted by Crippen LogP contribution is -2.49. The van der Waals surface area contributed by atoms with Crippen molar-refractivity contribution in [1.29, 1.82) is 0 Å². The number of likely N-dealkylation sites (tertiary alicyclic amines) is 1. The third-order valence-corrected chi connectivity index (χ3v) is 4.56. The minimum Gasteiger partial charge on any atom is -0.388 e. The van der Waals surface area contributed by atoms with E-state index in [2.05, 4.69) is 14.9 Å². The van der Waals surface area contributed by atoms with Gasteiger partial charge < -0.3 is 14.8 Å². The Balaban J connectivity index is 1.60. The molecule has 0 bridgehead atoms. The van der Waals surface area contributed by atoms with E-state index in [0.717, 1.165) is 44.0 Å². The number of β-amino-alcohol motifs (C(OH)–C–C–N with tert-alkyl or cyclic N) is 1. The van der Waals surface area contributed by atoms with Crippen LogP contribution in [0.3, 0.4) is 0 Å². The van der Waals surface area contributed by atoms with E-state index in [1.165, 1.54) is 12.8 Å². The molecule has 0 unspecified atom stereocenters. The minimum absolute atomic E-state index is 0.473. The first-order valence-corrected chi connectivity index (χ1v) is 7.69. The van der Waals surface area contributed by atoms with Gasteiger partial charge in [0.1, 0.15) is 5.82 Å². The fraction of sp³-hybridized carbons (Fsp3) is 0.800. The highest BCUT2D eigenvalue weighted by Gasteiger charge is 2.34. The Morgan fingerprint density at radius 2 is 2.30 bits per heavy atom. The molecule has 0 amide bonds. The van der Waals surface area contributed by atoms with Crippen molar-refractivity contribution in [3.8, 4) is 0 Å². The second kappa shape index (κ2) is 5.84. The molecule has 1 atom stereocenters. The summed E-state index contributed by atoms with van der Waals surface area (Å²) < 4.78 is 5.35. The maximum absolute atomic E-state index is 10.6. The maximum atomic E-state index is 10.6. The molecule has 2 aliphatic rings. The number of ether oxygens (including phenoxy) is 1. The van der Waals surface area contributed by atoms with Crippen molar-refractivity contribution in [1.82, 2.24) is 14.9 Å². The van der Waals surface area contributed by atoms with Crippen molar-refractivity contribution in [2.45, 2.75) is 44.1 Å². The lowest BCUT2D eigenvalue weighted by Gasteiger charge is -2.40. The number of aliphatic hydroxyl groups is 1. The predicted octanol–water partition coefficient (Wildman–Crippen LogP) is 1.44. The summed E-state index contributed by atoms with van der Waals surface area (Å²) in [6.45, 7) is 6.26. The normalized spacial score (nSPS) is 27.6. The summed E-state index contributed by atoms with van der Waals surface area (Å²) in [4.78, 5) is 10.2. The van der Waals surface area contributed by atoms with Crippen molar-refractivity contribution >= 4 is 0 Å². The van der Waals surface area contributed by atoms with Gasteiger partial charge in [-0.25, -0.2) is 4.98 Å². The average molecular weight is 279 g/mol. The summed E-state index contributed by atoms with van der Waals surface area (Å²) in [7, 11) is 0. The Morgan fingerprint density at radius 1 is 1.50 bits per heavy atom. The molecule has 5 heteroatoms. The van der Waals surface area contributed by atoms with E-state index in [1.807, 2.05) is 13.1 Å². The number of aromatic nitrogens is 2. The summed E-state index contributed by atoms with van der Waals surface area (Å²) in [6.07, 6.45) is 5.78. The molecule has 5 nitrogen and oxygen atoms in total. The fourth-order valence-electron chi connectivity index (χ4n) is 3.39. The number of imidazole rings is 1. The van der Waals surface area contributed by atoms with Crippen LogP contribution >= 0.6 is 0 Å². The van der Waals surface area contributed by atoms with Gasteiger partial charge in [0.15, 0.2) is 0 Å². The van der Waals surface area contributed by atoms with Crippen molar-refractivity contribution in [3.63, 3.8) is 0 Å². The first-order valence-electron chi connectivity index (χ1n) is 7.69. The number of nitrogens with one attached hydrogen (secondary N) is 1. The zero-order valence-corrected chi connectivity index (χ0v) is 12.3. The summed E-state index contributed by atoms with van der Waals surface area (Å²) in [5.74, 6) is 1.58. The maximum Gasteiger partial charge on any atom is 0.110 e. The molecule has 1 aromatic rings. The van der Waals surface area contributed by atoms with Gasteiger partial charge in [0.05, 0.1) is 5.60 Å². The third-order valence-electron chi connectivity index (χ3n) is 4.56. The number of rotatable bonds is 3. The molecular formula is C15H25N3O2. The highest BCUT2D eigenvalue weighted by atomic mass is 16.5. The number of hydrogen-bond acceptors (Lipinski definition) is 4. The molecule has 3 rings (SSSR count). The Hall–Kier alpha value is -0.910. The number of aromatic amines is 1. The van der Waals surface area contributed by atoms with Gasteiger partial charge in [0, 0.05) is 57.0 Å². The monoisotopic (exact) mass is 279 g/mol. The van der Waals surface area contributed by atoms with Gasteiger partial charge >= 0.3 is 0 Å². The lowest BCUT2D eigenvalue weighted by molar-refractivity contribution is -0.0825. The highest BCUT2D eigenvalue weighted by Crippen LogP contribution is 2.28. The molecule has 3 heterocycles. The lowest BCUT2D eigenvalue weighted by atomic mass is 9.91. The summed E-state index contributed by atoms with van der Waals surface area (Å²) in [5, 5.41) is 10.6. The number of nitrogens with zero attached hydrogens (tertiary/aromatic N) is 2. The molecule has 2 fully saturated rings. The molecule has 0 saturated carbocycles. The topological polar surface area (TPSA) is 61.4 Å². The van der Waals surface area contributed by atoms with Gasteiger partial charge in [0.2, 0.25) is 0 Å². The fourth-order valence-corrected chi connectivity index (χ4v) is 3.39. The van der Waals surface area contributed by atoms with Crippen LogP contribution in [-0.2, 0) is 4.74 Å². The third kappa shape index (κ3) is 3.22. The van der Waals surface area contributed by atoms with Crippen LogP contribution in [0, 0.1) is 6.92 Å². The molecule has 1 aromatic heterocycles. The van der Waals surface area contributed by atoms with Crippen molar-refractivity contribution in [2.75, 3.05) is 32.8 Å².